The Kier molecular flexibility index (Phi) is 8.33. The zero-order valence-electron chi connectivity index (χ0n) is 18.3. The van der Waals surface area contributed by atoms with Gasteiger partial charge in [0.2, 0.25) is 11.8 Å². The summed E-state index contributed by atoms with van der Waals surface area (Å²) < 4.78 is 5.22. The molecule has 2 aliphatic heterocycles. The number of carbonyl (C=O) groups is 2. The first-order valence-electron chi connectivity index (χ1n) is 11.0. The van der Waals surface area contributed by atoms with E-state index in [1.165, 1.54) is 5.69 Å². The number of hydrogen-bond acceptors (Lipinski definition) is 6. The van der Waals surface area contributed by atoms with E-state index in [2.05, 4.69) is 32.1 Å². The molecule has 2 saturated heterocycles. The molecule has 2 heterocycles. The van der Waals surface area contributed by atoms with Crippen LogP contribution in [0.1, 0.15) is 13.3 Å². The van der Waals surface area contributed by atoms with Crippen molar-refractivity contribution >= 4 is 17.5 Å². The molecular formula is C22H35N5O3. The normalized spacial score (nSPS) is 18.3. The monoisotopic (exact) mass is 417 g/mol. The lowest BCUT2D eigenvalue weighted by Gasteiger charge is -2.38. The molecule has 0 spiro atoms. The SMILES string of the molecule is CCCNC(=O)CN1CCN(C(=O)CN2CCN(c3ccc(OC)cc3)CC2)CC1. The van der Waals surface area contributed by atoms with Crippen LogP contribution in [0, 0.1) is 0 Å². The summed E-state index contributed by atoms with van der Waals surface area (Å²) in [6.45, 7) is 10.2. The molecule has 30 heavy (non-hydrogen) atoms. The third-order valence-corrected chi connectivity index (χ3v) is 5.83. The summed E-state index contributed by atoms with van der Waals surface area (Å²) in [5, 5.41) is 2.91. The quantitative estimate of drug-likeness (QED) is 0.664. The van der Waals surface area contributed by atoms with Gasteiger partial charge in [0.25, 0.3) is 0 Å². The van der Waals surface area contributed by atoms with Crippen LogP contribution in [0.4, 0.5) is 5.69 Å². The molecule has 1 aromatic rings. The van der Waals surface area contributed by atoms with Crippen LogP contribution < -0.4 is 15.0 Å². The predicted octanol–water partition coefficient (Wildman–Crippen LogP) is 0.488. The zero-order chi connectivity index (χ0) is 21.3. The molecule has 1 aromatic carbocycles. The van der Waals surface area contributed by atoms with Crippen molar-refractivity contribution in [3.63, 3.8) is 0 Å². The van der Waals surface area contributed by atoms with Crippen molar-refractivity contribution in [2.75, 3.05) is 84.0 Å². The molecule has 0 radical (unpaired) electrons. The molecule has 0 unspecified atom stereocenters. The van der Waals surface area contributed by atoms with E-state index >= 15 is 0 Å². The second kappa shape index (κ2) is 11.2. The van der Waals surface area contributed by atoms with E-state index in [-0.39, 0.29) is 11.8 Å². The van der Waals surface area contributed by atoms with Crippen LogP contribution in [0.25, 0.3) is 0 Å². The van der Waals surface area contributed by atoms with Crippen molar-refractivity contribution in [3.8, 4) is 5.75 Å². The Labute approximate surface area is 179 Å². The van der Waals surface area contributed by atoms with Gasteiger partial charge in [0.15, 0.2) is 0 Å². The Morgan fingerprint density at radius 2 is 1.50 bits per heavy atom. The number of ether oxygens (including phenoxy) is 1. The van der Waals surface area contributed by atoms with E-state index < -0.39 is 0 Å². The number of carbonyl (C=O) groups excluding carboxylic acids is 2. The molecule has 2 amide bonds. The molecule has 2 aliphatic rings. The van der Waals surface area contributed by atoms with Crippen LogP contribution >= 0.6 is 0 Å². The smallest absolute Gasteiger partial charge is 0.236 e. The van der Waals surface area contributed by atoms with E-state index in [4.69, 9.17) is 4.74 Å². The molecule has 3 rings (SSSR count). The maximum Gasteiger partial charge on any atom is 0.236 e. The summed E-state index contributed by atoms with van der Waals surface area (Å²) >= 11 is 0. The van der Waals surface area contributed by atoms with Gasteiger partial charge in [-0.2, -0.15) is 0 Å². The van der Waals surface area contributed by atoms with Gasteiger partial charge in [0.05, 0.1) is 20.2 Å². The molecule has 1 N–H and O–H groups in total. The molecule has 166 valence electrons. The highest BCUT2D eigenvalue weighted by Gasteiger charge is 2.25. The molecule has 0 bridgehead atoms. The fourth-order valence-corrected chi connectivity index (χ4v) is 3.93. The summed E-state index contributed by atoms with van der Waals surface area (Å²) in [4.78, 5) is 33.2. The highest BCUT2D eigenvalue weighted by molar-refractivity contribution is 5.79. The number of piperazine rings is 2. The summed E-state index contributed by atoms with van der Waals surface area (Å²) in [6.07, 6.45) is 0.947. The number of benzene rings is 1. The Morgan fingerprint density at radius 3 is 2.10 bits per heavy atom. The van der Waals surface area contributed by atoms with Crippen molar-refractivity contribution in [1.82, 2.24) is 20.0 Å². The molecule has 0 aliphatic carbocycles. The summed E-state index contributed by atoms with van der Waals surface area (Å²) in [6, 6.07) is 8.14. The zero-order valence-corrected chi connectivity index (χ0v) is 18.3. The van der Waals surface area contributed by atoms with Crippen molar-refractivity contribution in [3.05, 3.63) is 24.3 Å². The number of rotatable bonds is 8. The Balaban J connectivity index is 1.36. The second-order valence-electron chi connectivity index (χ2n) is 7.97. The maximum atomic E-state index is 12.7. The summed E-state index contributed by atoms with van der Waals surface area (Å²) in [5.41, 5.74) is 1.20. The number of amides is 2. The van der Waals surface area contributed by atoms with Crippen LogP contribution in [0.2, 0.25) is 0 Å². The van der Waals surface area contributed by atoms with Crippen molar-refractivity contribution in [1.29, 1.82) is 0 Å². The lowest BCUT2D eigenvalue weighted by Crippen LogP contribution is -2.54. The largest absolute Gasteiger partial charge is 0.497 e. The van der Waals surface area contributed by atoms with Crippen LogP contribution in [-0.4, -0.2) is 106 Å². The average molecular weight is 418 g/mol. The van der Waals surface area contributed by atoms with E-state index in [1.807, 2.05) is 24.0 Å². The fourth-order valence-electron chi connectivity index (χ4n) is 3.93. The van der Waals surface area contributed by atoms with Gasteiger partial charge in [-0.1, -0.05) is 6.92 Å². The first kappa shape index (κ1) is 22.4. The number of anilines is 1. The van der Waals surface area contributed by atoms with Crippen molar-refractivity contribution < 1.29 is 14.3 Å². The molecule has 0 atom stereocenters. The van der Waals surface area contributed by atoms with Gasteiger partial charge in [-0.25, -0.2) is 0 Å². The highest BCUT2D eigenvalue weighted by Crippen LogP contribution is 2.20. The fraction of sp³-hybridized carbons (Fsp3) is 0.636. The number of hydrogen-bond donors (Lipinski definition) is 1. The average Bonchev–Trinajstić information content (AvgIpc) is 2.79. The number of methoxy groups -OCH3 is 1. The maximum absolute atomic E-state index is 12.7. The first-order valence-corrected chi connectivity index (χ1v) is 11.0. The molecule has 0 saturated carbocycles. The van der Waals surface area contributed by atoms with Gasteiger partial charge in [-0.15, -0.1) is 0 Å². The molecule has 2 fully saturated rings. The van der Waals surface area contributed by atoms with Crippen LogP contribution in [0.3, 0.4) is 0 Å². The standard InChI is InChI=1S/C22H35N5O3/c1-3-8-23-21(28)17-24-11-15-27(16-12-24)22(29)18-25-9-13-26(14-10-25)19-4-6-20(30-2)7-5-19/h4-7H,3,8-18H2,1-2H3,(H,23,28). The van der Waals surface area contributed by atoms with Gasteiger partial charge < -0.3 is 19.9 Å². The van der Waals surface area contributed by atoms with E-state index in [0.29, 0.717) is 26.2 Å². The minimum absolute atomic E-state index is 0.0753. The third kappa shape index (κ3) is 6.34. The predicted molar refractivity (Wildman–Crippen MR) is 118 cm³/mol. The van der Waals surface area contributed by atoms with Gasteiger partial charge >= 0.3 is 0 Å². The van der Waals surface area contributed by atoms with Crippen molar-refractivity contribution in [2.24, 2.45) is 0 Å². The van der Waals surface area contributed by atoms with Crippen molar-refractivity contribution in [2.45, 2.75) is 13.3 Å². The lowest BCUT2D eigenvalue weighted by atomic mass is 10.2. The number of nitrogens with one attached hydrogen (secondary N) is 1. The first-order chi connectivity index (χ1) is 14.6. The molecule has 8 nitrogen and oxygen atoms in total. The van der Waals surface area contributed by atoms with E-state index in [1.54, 1.807) is 7.11 Å². The van der Waals surface area contributed by atoms with Crippen LogP contribution in [0.15, 0.2) is 24.3 Å². The van der Waals surface area contributed by atoms with Gasteiger partial charge in [-0.3, -0.25) is 19.4 Å². The molecule has 0 aromatic heterocycles. The Bertz CT molecular complexity index is 681. The summed E-state index contributed by atoms with van der Waals surface area (Å²) in [7, 11) is 1.68. The molecular weight excluding hydrogens is 382 g/mol. The minimum atomic E-state index is 0.0753. The van der Waals surface area contributed by atoms with Crippen LogP contribution in [-0.2, 0) is 9.59 Å². The second-order valence-corrected chi connectivity index (χ2v) is 7.97. The van der Waals surface area contributed by atoms with Crippen LogP contribution in [0.5, 0.6) is 5.75 Å². The lowest BCUT2D eigenvalue weighted by molar-refractivity contribution is -0.134. The minimum Gasteiger partial charge on any atom is -0.497 e. The van der Waals surface area contributed by atoms with E-state index in [9.17, 15) is 9.59 Å². The summed E-state index contributed by atoms with van der Waals surface area (Å²) in [5.74, 6) is 1.14. The topological polar surface area (TPSA) is 68.4 Å². The van der Waals surface area contributed by atoms with Gasteiger partial charge in [-0.05, 0) is 30.7 Å². The Morgan fingerprint density at radius 1 is 0.900 bits per heavy atom. The van der Waals surface area contributed by atoms with E-state index in [0.717, 1.165) is 58.0 Å². The number of nitrogens with zero attached hydrogens (tertiary/aromatic N) is 4. The van der Waals surface area contributed by atoms with Gasteiger partial charge in [0, 0.05) is 64.6 Å². The van der Waals surface area contributed by atoms with Gasteiger partial charge in [0.1, 0.15) is 5.75 Å². The third-order valence-electron chi connectivity index (χ3n) is 5.83. The molecule has 8 heteroatoms. The Hall–Kier alpha value is -2.32. The highest BCUT2D eigenvalue weighted by atomic mass is 16.5.